The summed E-state index contributed by atoms with van der Waals surface area (Å²) in [6, 6.07) is 1.84. The highest BCUT2D eigenvalue weighted by Gasteiger charge is 1.98. The molecule has 2 aromatic heterocycles. The van der Waals surface area contributed by atoms with E-state index in [-0.39, 0.29) is 0 Å². The van der Waals surface area contributed by atoms with Crippen LogP contribution in [0, 0.1) is 0 Å². The number of nitrogens with zero attached hydrogens (tertiary/aromatic N) is 3. The van der Waals surface area contributed by atoms with Gasteiger partial charge in [0.2, 0.25) is 0 Å². The predicted octanol–water partition coefficient (Wildman–Crippen LogP) is 0.668. The first kappa shape index (κ1) is 5.55. The monoisotopic (exact) mass is 152 g/mol. The molecule has 0 aliphatic heterocycles. The maximum atomic E-state index is 5.43. The summed E-state index contributed by atoms with van der Waals surface area (Å²) in [6.07, 6.45) is 1.62. The number of nitrogens with two attached hydrogens (primary N) is 1. The molecule has 0 amide bonds. The zero-order chi connectivity index (χ0) is 6.97. The summed E-state index contributed by atoms with van der Waals surface area (Å²) >= 11 is 1.42. The van der Waals surface area contributed by atoms with Gasteiger partial charge in [0.25, 0.3) is 0 Å². The van der Waals surface area contributed by atoms with E-state index in [2.05, 4.69) is 15.2 Å². The molecule has 0 bridgehead atoms. The van der Waals surface area contributed by atoms with Crippen LogP contribution in [0.15, 0.2) is 12.3 Å². The molecule has 0 saturated heterocycles. The molecule has 2 aromatic rings. The average molecular weight is 152 g/mol. The Labute approximate surface area is 60.7 Å². The standard InChI is InChI=1S/C5H4N4S/c6-5-8-4-3(10-5)1-2-7-9-4/h1-2H,(H2,6,8,9). The molecule has 0 radical (unpaired) electrons. The number of anilines is 1. The number of nitrogen functional groups attached to an aromatic ring is 1. The minimum Gasteiger partial charge on any atom is -0.375 e. The van der Waals surface area contributed by atoms with Gasteiger partial charge in [0.1, 0.15) is 0 Å². The number of thiazole rings is 1. The van der Waals surface area contributed by atoms with Crippen molar-refractivity contribution >= 4 is 26.8 Å². The zero-order valence-electron chi connectivity index (χ0n) is 4.98. The molecule has 4 nitrogen and oxygen atoms in total. The van der Waals surface area contributed by atoms with Gasteiger partial charge in [-0.05, 0) is 6.07 Å². The van der Waals surface area contributed by atoms with Crippen LogP contribution >= 0.6 is 11.3 Å². The van der Waals surface area contributed by atoms with Crippen LogP contribution in [0.25, 0.3) is 10.3 Å². The van der Waals surface area contributed by atoms with Gasteiger partial charge in [-0.1, -0.05) is 11.3 Å². The van der Waals surface area contributed by atoms with Crippen molar-refractivity contribution in [1.82, 2.24) is 15.2 Å². The molecule has 0 saturated carbocycles. The van der Waals surface area contributed by atoms with Gasteiger partial charge in [-0.15, -0.1) is 5.10 Å². The van der Waals surface area contributed by atoms with Crippen molar-refractivity contribution in [1.29, 1.82) is 0 Å². The maximum Gasteiger partial charge on any atom is 0.194 e. The number of hydrogen-bond donors (Lipinski definition) is 1. The van der Waals surface area contributed by atoms with Gasteiger partial charge < -0.3 is 5.73 Å². The van der Waals surface area contributed by atoms with E-state index in [0.717, 1.165) is 4.70 Å². The Morgan fingerprint density at radius 1 is 1.50 bits per heavy atom. The van der Waals surface area contributed by atoms with Crippen molar-refractivity contribution in [2.45, 2.75) is 0 Å². The van der Waals surface area contributed by atoms with Crippen LogP contribution in [0.2, 0.25) is 0 Å². The van der Waals surface area contributed by atoms with Gasteiger partial charge >= 0.3 is 0 Å². The number of hydrogen-bond acceptors (Lipinski definition) is 5. The van der Waals surface area contributed by atoms with E-state index in [0.29, 0.717) is 10.8 Å². The fourth-order valence-electron chi connectivity index (χ4n) is 0.710. The second-order valence-electron chi connectivity index (χ2n) is 1.77. The minimum atomic E-state index is 0.538. The molecule has 0 atom stereocenters. The predicted molar refractivity (Wildman–Crippen MR) is 39.6 cm³/mol. The second kappa shape index (κ2) is 1.88. The van der Waals surface area contributed by atoms with Crippen molar-refractivity contribution in [3.8, 4) is 0 Å². The van der Waals surface area contributed by atoms with Crippen LogP contribution in [0.1, 0.15) is 0 Å². The van der Waals surface area contributed by atoms with E-state index in [1.54, 1.807) is 6.20 Å². The normalized spacial score (nSPS) is 10.4. The van der Waals surface area contributed by atoms with E-state index in [4.69, 9.17) is 5.73 Å². The van der Waals surface area contributed by atoms with E-state index in [1.165, 1.54) is 11.3 Å². The molecule has 50 valence electrons. The largest absolute Gasteiger partial charge is 0.375 e. The molecular formula is C5H4N4S. The van der Waals surface area contributed by atoms with E-state index in [9.17, 15) is 0 Å². The highest BCUT2D eigenvalue weighted by atomic mass is 32.1. The van der Waals surface area contributed by atoms with E-state index < -0.39 is 0 Å². The third-order valence-electron chi connectivity index (χ3n) is 1.10. The molecule has 0 aliphatic rings. The Bertz CT molecular complexity index is 322. The first-order valence-corrected chi connectivity index (χ1v) is 3.51. The Kier molecular flexibility index (Phi) is 1.04. The molecule has 5 heteroatoms. The van der Waals surface area contributed by atoms with Crippen LogP contribution < -0.4 is 5.73 Å². The molecule has 2 heterocycles. The van der Waals surface area contributed by atoms with Crippen LogP contribution in [0.5, 0.6) is 0 Å². The molecular weight excluding hydrogens is 148 g/mol. The van der Waals surface area contributed by atoms with Gasteiger partial charge in [0, 0.05) is 0 Å². The fourth-order valence-corrected chi connectivity index (χ4v) is 1.37. The Hall–Kier alpha value is -1.23. The van der Waals surface area contributed by atoms with E-state index in [1.807, 2.05) is 6.07 Å². The summed E-state index contributed by atoms with van der Waals surface area (Å²) in [6.45, 7) is 0. The summed E-state index contributed by atoms with van der Waals surface area (Å²) < 4.78 is 0.979. The van der Waals surface area contributed by atoms with Crippen LogP contribution in [0.4, 0.5) is 5.13 Å². The molecule has 0 fully saturated rings. The highest BCUT2D eigenvalue weighted by molar-refractivity contribution is 7.21. The lowest BCUT2D eigenvalue weighted by molar-refractivity contribution is 1.06. The summed E-state index contributed by atoms with van der Waals surface area (Å²) in [4.78, 5) is 3.94. The average Bonchev–Trinajstić information content (AvgIpc) is 2.27. The molecule has 0 unspecified atom stereocenters. The molecule has 2 rings (SSSR count). The zero-order valence-corrected chi connectivity index (χ0v) is 5.80. The summed E-state index contributed by atoms with van der Waals surface area (Å²) in [5.41, 5.74) is 6.06. The number of aromatic nitrogens is 3. The summed E-state index contributed by atoms with van der Waals surface area (Å²) in [7, 11) is 0. The first-order chi connectivity index (χ1) is 4.86. The Balaban J connectivity index is 2.88. The second-order valence-corrected chi connectivity index (χ2v) is 2.83. The SMILES string of the molecule is Nc1nc2nnccc2s1. The van der Waals surface area contributed by atoms with Crippen molar-refractivity contribution < 1.29 is 0 Å². The third-order valence-corrected chi connectivity index (χ3v) is 1.94. The Morgan fingerprint density at radius 2 is 2.40 bits per heavy atom. The minimum absolute atomic E-state index is 0.538. The molecule has 0 aromatic carbocycles. The molecule has 0 spiro atoms. The van der Waals surface area contributed by atoms with Gasteiger partial charge in [-0.3, -0.25) is 0 Å². The van der Waals surface area contributed by atoms with Crippen molar-refractivity contribution in [2.75, 3.05) is 5.73 Å². The highest BCUT2D eigenvalue weighted by Crippen LogP contribution is 2.19. The van der Waals surface area contributed by atoms with Crippen LogP contribution in [-0.2, 0) is 0 Å². The van der Waals surface area contributed by atoms with Crippen LogP contribution in [0.3, 0.4) is 0 Å². The molecule has 0 aliphatic carbocycles. The number of fused-ring (bicyclic) bond motifs is 1. The molecule has 2 N–H and O–H groups in total. The van der Waals surface area contributed by atoms with Gasteiger partial charge in [0.15, 0.2) is 10.8 Å². The third kappa shape index (κ3) is 0.714. The van der Waals surface area contributed by atoms with Gasteiger partial charge in [0.05, 0.1) is 10.9 Å². The smallest absolute Gasteiger partial charge is 0.194 e. The fraction of sp³-hybridized carbons (Fsp3) is 0. The topological polar surface area (TPSA) is 64.7 Å². The van der Waals surface area contributed by atoms with Gasteiger partial charge in [-0.2, -0.15) is 10.1 Å². The van der Waals surface area contributed by atoms with Crippen LogP contribution in [-0.4, -0.2) is 15.2 Å². The van der Waals surface area contributed by atoms with Gasteiger partial charge in [-0.25, -0.2) is 0 Å². The maximum absolute atomic E-state index is 5.43. The van der Waals surface area contributed by atoms with Crippen molar-refractivity contribution in [3.05, 3.63) is 12.3 Å². The lowest BCUT2D eigenvalue weighted by Gasteiger charge is -1.78. The quantitative estimate of drug-likeness (QED) is 0.602. The first-order valence-electron chi connectivity index (χ1n) is 2.70. The Morgan fingerprint density at radius 3 is 3.20 bits per heavy atom. The summed E-state index contributed by atoms with van der Waals surface area (Å²) in [5, 5.41) is 7.97. The van der Waals surface area contributed by atoms with Crippen molar-refractivity contribution in [3.63, 3.8) is 0 Å². The lowest BCUT2D eigenvalue weighted by atomic mass is 10.6. The summed E-state index contributed by atoms with van der Waals surface area (Å²) in [5.74, 6) is 0. The lowest BCUT2D eigenvalue weighted by Crippen LogP contribution is -1.82. The van der Waals surface area contributed by atoms with Crippen molar-refractivity contribution in [2.24, 2.45) is 0 Å². The number of rotatable bonds is 0. The molecule has 10 heavy (non-hydrogen) atoms. The van der Waals surface area contributed by atoms with E-state index >= 15 is 0 Å².